The maximum absolute atomic E-state index is 5.35. The van der Waals surface area contributed by atoms with Gasteiger partial charge >= 0.3 is 0 Å². The molecular formula is C19H34N4O. The summed E-state index contributed by atoms with van der Waals surface area (Å²) < 4.78 is 5.35. The van der Waals surface area contributed by atoms with Crippen molar-refractivity contribution in [2.45, 2.75) is 32.7 Å². The number of rotatable bonds is 10. The van der Waals surface area contributed by atoms with E-state index in [1.165, 1.54) is 11.1 Å². The fourth-order valence-electron chi connectivity index (χ4n) is 2.48. The number of guanidine groups is 1. The minimum absolute atomic E-state index is 0.308. The van der Waals surface area contributed by atoms with Gasteiger partial charge in [0.15, 0.2) is 5.96 Å². The Morgan fingerprint density at radius 1 is 1.17 bits per heavy atom. The third-order valence-corrected chi connectivity index (χ3v) is 3.98. The normalized spacial score (nSPS) is 13.2. The summed E-state index contributed by atoms with van der Waals surface area (Å²) in [6.07, 6.45) is 2.15. The molecule has 1 atom stereocenters. The average molecular weight is 335 g/mol. The Labute approximate surface area is 147 Å². The summed E-state index contributed by atoms with van der Waals surface area (Å²) in [5, 5.41) is 6.80. The van der Waals surface area contributed by atoms with Gasteiger partial charge in [0.1, 0.15) is 0 Å². The van der Waals surface area contributed by atoms with Crippen molar-refractivity contribution in [3.8, 4) is 0 Å². The van der Waals surface area contributed by atoms with Crippen LogP contribution >= 0.6 is 0 Å². The summed E-state index contributed by atoms with van der Waals surface area (Å²) >= 11 is 0. The molecule has 0 saturated heterocycles. The van der Waals surface area contributed by atoms with E-state index in [1.807, 2.05) is 14.0 Å². The number of hydrogen-bond acceptors (Lipinski definition) is 3. The van der Waals surface area contributed by atoms with E-state index in [0.29, 0.717) is 6.04 Å². The van der Waals surface area contributed by atoms with E-state index >= 15 is 0 Å². The van der Waals surface area contributed by atoms with Gasteiger partial charge in [0.25, 0.3) is 0 Å². The number of likely N-dealkylation sites (N-methyl/N-ethyl adjacent to an activating group) is 1. The van der Waals surface area contributed by atoms with Crippen molar-refractivity contribution in [3.05, 3.63) is 35.4 Å². The van der Waals surface area contributed by atoms with Crippen LogP contribution in [0.4, 0.5) is 0 Å². The van der Waals surface area contributed by atoms with Crippen molar-refractivity contribution < 1.29 is 4.74 Å². The number of hydrogen-bond donors (Lipinski definition) is 2. The van der Waals surface area contributed by atoms with E-state index in [1.54, 1.807) is 0 Å². The Morgan fingerprint density at radius 3 is 2.46 bits per heavy atom. The molecule has 0 heterocycles. The van der Waals surface area contributed by atoms with E-state index in [4.69, 9.17) is 4.74 Å². The number of ether oxygens (including phenoxy) is 1. The van der Waals surface area contributed by atoms with Crippen LogP contribution < -0.4 is 10.6 Å². The van der Waals surface area contributed by atoms with Crippen LogP contribution in [0.5, 0.6) is 0 Å². The van der Waals surface area contributed by atoms with Crippen LogP contribution in [0.2, 0.25) is 0 Å². The highest BCUT2D eigenvalue weighted by Crippen LogP contribution is 2.17. The van der Waals surface area contributed by atoms with Crippen LogP contribution in [0.25, 0.3) is 0 Å². The molecule has 1 unspecified atom stereocenters. The van der Waals surface area contributed by atoms with Crippen molar-refractivity contribution in [2.75, 3.05) is 47.4 Å². The number of unbranched alkanes of at least 4 members (excludes halogenated alkanes) is 1. The topological polar surface area (TPSA) is 48.9 Å². The number of nitrogens with zero attached hydrogens (tertiary/aromatic N) is 2. The molecule has 0 aromatic heterocycles. The fourth-order valence-corrected chi connectivity index (χ4v) is 2.48. The first kappa shape index (κ1) is 20.5. The first-order valence-corrected chi connectivity index (χ1v) is 8.83. The van der Waals surface area contributed by atoms with Gasteiger partial charge in [0.05, 0.1) is 6.04 Å². The number of aliphatic imine (C=N–C) groups is 1. The molecule has 0 spiro atoms. The van der Waals surface area contributed by atoms with Crippen molar-refractivity contribution in [1.82, 2.24) is 15.5 Å². The number of aryl methyl sites for hydroxylation is 1. The van der Waals surface area contributed by atoms with E-state index < -0.39 is 0 Å². The highest BCUT2D eigenvalue weighted by molar-refractivity contribution is 5.79. The number of benzene rings is 1. The molecule has 0 bridgehead atoms. The van der Waals surface area contributed by atoms with Gasteiger partial charge in [0, 0.05) is 33.4 Å². The SMILES string of the molecule is CCOCCCCNC(=NC)NCC(c1ccc(C)cc1)N(C)C. The third kappa shape index (κ3) is 7.79. The predicted molar refractivity (Wildman–Crippen MR) is 103 cm³/mol. The predicted octanol–water partition coefficient (Wildman–Crippen LogP) is 2.58. The standard InChI is InChI=1S/C19H34N4O/c1-6-24-14-8-7-13-21-19(20-3)22-15-18(23(4)5)17-11-9-16(2)10-12-17/h9-12,18H,6-8,13-15H2,1-5H3,(H2,20,21,22). The molecule has 0 radical (unpaired) electrons. The van der Waals surface area contributed by atoms with Gasteiger partial charge in [-0.15, -0.1) is 0 Å². The zero-order valence-corrected chi connectivity index (χ0v) is 15.9. The summed E-state index contributed by atoms with van der Waals surface area (Å²) in [5.74, 6) is 0.852. The van der Waals surface area contributed by atoms with Crippen LogP contribution in [0, 0.1) is 6.92 Å². The van der Waals surface area contributed by atoms with Crippen molar-refractivity contribution in [3.63, 3.8) is 0 Å². The lowest BCUT2D eigenvalue weighted by atomic mass is 10.0. The Hall–Kier alpha value is -1.59. The fraction of sp³-hybridized carbons (Fsp3) is 0.632. The van der Waals surface area contributed by atoms with Crippen LogP contribution in [0.3, 0.4) is 0 Å². The monoisotopic (exact) mass is 334 g/mol. The lowest BCUT2D eigenvalue weighted by molar-refractivity contribution is 0.143. The van der Waals surface area contributed by atoms with Gasteiger partial charge in [-0.05, 0) is 46.3 Å². The lowest BCUT2D eigenvalue weighted by Crippen LogP contribution is -2.42. The Bertz CT molecular complexity index is 471. The second kappa shape index (κ2) is 11.9. The molecule has 136 valence electrons. The maximum Gasteiger partial charge on any atom is 0.191 e. The molecule has 2 N–H and O–H groups in total. The van der Waals surface area contributed by atoms with E-state index in [0.717, 1.165) is 45.1 Å². The quantitative estimate of drug-likeness (QED) is 0.392. The molecule has 0 aliphatic carbocycles. The van der Waals surface area contributed by atoms with E-state index in [2.05, 4.69) is 65.8 Å². The van der Waals surface area contributed by atoms with Crippen LogP contribution in [0.15, 0.2) is 29.3 Å². The molecule has 0 saturated carbocycles. The molecule has 0 amide bonds. The van der Waals surface area contributed by atoms with Crippen molar-refractivity contribution in [1.29, 1.82) is 0 Å². The average Bonchev–Trinajstić information content (AvgIpc) is 2.57. The molecule has 24 heavy (non-hydrogen) atoms. The van der Waals surface area contributed by atoms with Crippen LogP contribution in [-0.2, 0) is 4.74 Å². The van der Waals surface area contributed by atoms with Crippen molar-refractivity contribution >= 4 is 5.96 Å². The summed E-state index contributed by atoms with van der Waals surface area (Å²) in [6.45, 7) is 7.49. The third-order valence-electron chi connectivity index (χ3n) is 3.98. The van der Waals surface area contributed by atoms with Gasteiger partial charge in [0.2, 0.25) is 0 Å². The second-order valence-electron chi connectivity index (χ2n) is 6.17. The van der Waals surface area contributed by atoms with E-state index in [9.17, 15) is 0 Å². The minimum Gasteiger partial charge on any atom is -0.382 e. The first-order valence-electron chi connectivity index (χ1n) is 8.83. The number of nitrogens with one attached hydrogen (secondary N) is 2. The highest BCUT2D eigenvalue weighted by atomic mass is 16.5. The molecule has 0 aliphatic heterocycles. The smallest absolute Gasteiger partial charge is 0.191 e. The Kier molecular flexibility index (Phi) is 10.1. The van der Waals surface area contributed by atoms with Crippen molar-refractivity contribution in [2.24, 2.45) is 4.99 Å². The molecular weight excluding hydrogens is 300 g/mol. The van der Waals surface area contributed by atoms with Gasteiger partial charge < -0.3 is 20.3 Å². The summed E-state index contributed by atoms with van der Waals surface area (Å²) in [7, 11) is 6.03. The largest absolute Gasteiger partial charge is 0.382 e. The zero-order valence-electron chi connectivity index (χ0n) is 15.9. The van der Waals surface area contributed by atoms with Gasteiger partial charge in [-0.2, -0.15) is 0 Å². The molecule has 5 nitrogen and oxygen atoms in total. The Balaban J connectivity index is 2.42. The lowest BCUT2D eigenvalue weighted by Gasteiger charge is -2.26. The van der Waals surface area contributed by atoms with Crippen LogP contribution in [-0.4, -0.2) is 58.3 Å². The summed E-state index contributed by atoms with van der Waals surface area (Å²) in [5.41, 5.74) is 2.60. The summed E-state index contributed by atoms with van der Waals surface area (Å²) in [4.78, 5) is 6.53. The molecule has 1 aromatic rings. The van der Waals surface area contributed by atoms with Gasteiger partial charge in [-0.25, -0.2) is 0 Å². The molecule has 1 rings (SSSR count). The maximum atomic E-state index is 5.35. The molecule has 1 aromatic carbocycles. The highest BCUT2D eigenvalue weighted by Gasteiger charge is 2.14. The minimum atomic E-state index is 0.308. The van der Waals surface area contributed by atoms with E-state index in [-0.39, 0.29) is 0 Å². The molecule has 0 fully saturated rings. The Morgan fingerprint density at radius 2 is 1.88 bits per heavy atom. The first-order chi connectivity index (χ1) is 11.6. The molecule has 5 heteroatoms. The summed E-state index contributed by atoms with van der Waals surface area (Å²) in [6, 6.07) is 9.04. The zero-order chi connectivity index (χ0) is 17.8. The molecule has 0 aliphatic rings. The second-order valence-corrected chi connectivity index (χ2v) is 6.17. The van der Waals surface area contributed by atoms with Gasteiger partial charge in [-0.3, -0.25) is 4.99 Å². The van der Waals surface area contributed by atoms with Gasteiger partial charge in [-0.1, -0.05) is 29.8 Å². The van der Waals surface area contributed by atoms with Crippen LogP contribution in [0.1, 0.15) is 36.9 Å².